The second-order valence-electron chi connectivity index (χ2n) is 3.41. The summed E-state index contributed by atoms with van der Waals surface area (Å²) in [5.74, 6) is 0. The van der Waals surface area contributed by atoms with Crippen LogP contribution in [0.5, 0.6) is 0 Å². The molecule has 1 aromatic carbocycles. The molecular formula is C12H7Cl2NO2. The molecule has 0 unspecified atom stereocenters. The highest BCUT2D eigenvalue weighted by Gasteiger charge is 2.10. The van der Waals surface area contributed by atoms with Crippen LogP contribution in [0.4, 0.5) is 0 Å². The van der Waals surface area contributed by atoms with Gasteiger partial charge in [-0.2, -0.15) is 0 Å². The normalized spacial score (nSPS) is 10.2. The molecule has 17 heavy (non-hydrogen) atoms. The zero-order chi connectivity index (χ0) is 12.4. The minimum atomic E-state index is -0.354. The largest absolute Gasteiger partial charge is 0.329 e. The number of carbonyl (C=O) groups is 1. The summed E-state index contributed by atoms with van der Waals surface area (Å²) in [7, 11) is 0. The number of aldehydes is 1. The van der Waals surface area contributed by atoms with E-state index in [9.17, 15) is 9.59 Å². The highest BCUT2D eigenvalue weighted by Crippen LogP contribution is 2.26. The molecule has 0 fully saturated rings. The third kappa shape index (κ3) is 2.40. The fourth-order valence-electron chi connectivity index (χ4n) is 1.59. The molecule has 86 valence electrons. The quantitative estimate of drug-likeness (QED) is 0.850. The zero-order valence-electron chi connectivity index (χ0n) is 8.54. The van der Waals surface area contributed by atoms with Crippen LogP contribution in [0.15, 0.2) is 35.3 Å². The molecule has 0 aliphatic rings. The summed E-state index contributed by atoms with van der Waals surface area (Å²) in [6.07, 6.45) is 2.04. The van der Waals surface area contributed by atoms with E-state index in [-0.39, 0.29) is 11.1 Å². The Morgan fingerprint density at radius 1 is 1.12 bits per heavy atom. The van der Waals surface area contributed by atoms with Crippen molar-refractivity contribution in [3.8, 4) is 11.1 Å². The molecule has 2 rings (SSSR count). The Morgan fingerprint density at radius 2 is 1.76 bits per heavy atom. The van der Waals surface area contributed by atoms with Gasteiger partial charge in [0.2, 0.25) is 0 Å². The first-order chi connectivity index (χ1) is 8.11. The van der Waals surface area contributed by atoms with Crippen LogP contribution in [0.2, 0.25) is 10.0 Å². The second kappa shape index (κ2) is 4.73. The molecule has 1 aromatic heterocycles. The van der Waals surface area contributed by atoms with Gasteiger partial charge in [-0.15, -0.1) is 0 Å². The molecule has 0 atom stereocenters. The number of aromatic amines is 1. The first-order valence-corrected chi connectivity index (χ1v) is 5.51. The van der Waals surface area contributed by atoms with Crippen molar-refractivity contribution in [2.75, 3.05) is 0 Å². The number of hydrogen-bond acceptors (Lipinski definition) is 2. The Hall–Kier alpha value is -1.58. The molecular weight excluding hydrogens is 261 g/mol. The predicted molar refractivity (Wildman–Crippen MR) is 67.9 cm³/mol. The lowest BCUT2D eigenvalue weighted by Crippen LogP contribution is -2.10. The third-order valence-corrected chi connectivity index (χ3v) is 2.71. The third-order valence-electron chi connectivity index (χ3n) is 2.27. The van der Waals surface area contributed by atoms with E-state index >= 15 is 0 Å². The SMILES string of the molecule is O=Cc1cc[nH]c(=O)c1-c1cc(Cl)cc(Cl)c1. The monoisotopic (exact) mass is 267 g/mol. The van der Waals surface area contributed by atoms with Gasteiger partial charge in [-0.1, -0.05) is 23.2 Å². The first kappa shape index (κ1) is 11.9. The van der Waals surface area contributed by atoms with Crippen molar-refractivity contribution in [1.82, 2.24) is 4.98 Å². The van der Waals surface area contributed by atoms with Gasteiger partial charge in [0.25, 0.3) is 5.56 Å². The second-order valence-corrected chi connectivity index (χ2v) is 4.29. The average molecular weight is 268 g/mol. The molecule has 0 saturated heterocycles. The number of carbonyl (C=O) groups excluding carboxylic acids is 1. The maximum Gasteiger partial charge on any atom is 0.256 e. The van der Waals surface area contributed by atoms with Gasteiger partial charge in [0, 0.05) is 21.8 Å². The van der Waals surface area contributed by atoms with Gasteiger partial charge in [0.05, 0.1) is 5.56 Å². The lowest BCUT2D eigenvalue weighted by atomic mass is 10.0. The Morgan fingerprint density at radius 3 is 2.35 bits per heavy atom. The molecule has 0 aliphatic carbocycles. The van der Waals surface area contributed by atoms with Crippen LogP contribution in [-0.4, -0.2) is 11.3 Å². The van der Waals surface area contributed by atoms with Crippen LogP contribution in [0.3, 0.4) is 0 Å². The van der Waals surface area contributed by atoms with Crippen LogP contribution in [0.25, 0.3) is 11.1 Å². The van der Waals surface area contributed by atoms with Gasteiger partial charge in [0.1, 0.15) is 0 Å². The van der Waals surface area contributed by atoms with E-state index in [1.54, 1.807) is 18.2 Å². The van der Waals surface area contributed by atoms with Crippen molar-refractivity contribution in [1.29, 1.82) is 0 Å². The smallest absolute Gasteiger partial charge is 0.256 e. The number of halogens is 2. The maximum atomic E-state index is 11.7. The van der Waals surface area contributed by atoms with Crippen LogP contribution >= 0.6 is 23.2 Å². The van der Waals surface area contributed by atoms with E-state index in [2.05, 4.69) is 4.98 Å². The van der Waals surface area contributed by atoms with Gasteiger partial charge in [-0.05, 0) is 29.8 Å². The molecule has 0 saturated carbocycles. The first-order valence-electron chi connectivity index (χ1n) is 4.75. The van der Waals surface area contributed by atoms with Crippen molar-refractivity contribution in [2.45, 2.75) is 0 Å². The van der Waals surface area contributed by atoms with Crippen molar-refractivity contribution in [2.24, 2.45) is 0 Å². The van der Waals surface area contributed by atoms with Crippen molar-refractivity contribution in [3.63, 3.8) is 0 Å². The van der Waals surface area contributed by atoms with Gasteiger partial charge in [0.15, 0.2) is 6.29 Å². The molecule has 1 N–H and O–H groups in total. The molecule has 0 aliphatic heterocycles. The van der Waals surface area contributed by atoms with Crippen molar-refractivity contribution >= 4 is 29.5 Å². The summed E-state index contributed by atoms with van der Waals surface area (Å²) in [6, 6.07) is 6.26. The van der Waals surface area contributed by atoms with Gasteiger partial charge in [-0.3, -0.25) is 9.59 Å². The minimum Gasteiger partial charge on any atom is -0.329 e. The van der Waals surface area contributed by atoms with E-state index < -0.39 is 0 Å². The van der Waals surface area contributed by atoms with Gasteiger partial charge < -0.3 is 4.98 Å². The highest BCUT2D eigenvalue weighted by atomic mass is 35.5. The topological polar surface area (TPSA) is 49.9 Å². The number of aromatic nitrogens is 1. The Labute approximate surface area is 107 Å². The lowest BCUT2D eigenvalue weighted by molar-refractivity contribution is 0.112. The summed E-state index contributed by atoms with van der Waals surface area (Å²) in [4.78, 5) is 25.1. The maximum absolute atomic E-state index is 11.7. The number of hydrogen-bond donors (Lipinski definition) is 1. The summed E-state index contributed by atoms with van der Waals surface area (Å²) in [5, 5.41) is 0.820. The van der Waals surface area contributed by atoms with E-state index in [4.69, 9.17) is 23.2 Å². The standard InChI is InChI=1S/C12H7Cl2NO2/c13-9-3-8(4-10(14)5-9)11-7(6-16)1-2-15-12(11)17/h1-6H,(H,15,17). The number of H-pyrrole nitrogens is 1. The van der Waals surface area contributed by atoms with Crippen molar-refractivity contribution < 1.29 is 4.79 Å². The Balaban J connectivity index is 2.76. The van der Waals surface area contributed by atoms with E-state index in [0.717, 1.165) is 0 Å². The van der Waals surface area contributed by atoms with Gasteiger partial charge >= 0.3 is 0 Å². The lowest BCUT2D eigenvalue weighted by Gasteiger charge is -2.04. The van der Waals surface area contributed by atoms with E-state index in [1.807, 2.05) is 0 Å². The highest BCUT2D eigenvalue weighted by molar-refractivity contribution is 6.35. The number of rotatable bonds is 2. The molecule has 0 amide bonds. The molecule has 5 heteroatoms. The summed E-state index contributed by atoms with van der Waals surface area (Å²) >= 11 is 11.7. The zero-order valence-corrected chi connectivity index (χ0v) is 10.0. The molecule has 0 radical (unpaired) electrons. The van der Waals surface area contributed by atoms with Crippen LogP contribution in [0, 0.1) is 0 Å². The van der Waals surface area contributed by atoms with Crippen molar-refractivity contribution in [3.05, 3.63) is 56.4 Å². The molecule has 0 bridgehead atoms. The summed E-state index contributed by atoms with van der Waals surface area (Å²) < 4.78 is 0. The van der Waals surface area contributed by atoms with Crippen LogP contribution < -0.4 is 5.56 Å². The molecule has 2 aromatic rings. The summed E-state index contributed by atoms with van der Waals surface area (Å²) in [5.41, 5.74) is 0.735. The van der Waals surface area contributed by atoms with E-state index in [0.29, 0.717) is 27.5 Å². The molecule has 3 nitrogen and oxygen atoms in total. The number of pyridine rings is 1. The Bertz CT molecular complexity index is 614. The average Bonchev–Trinajstić information content (AvgIpc) is 2.27. The fourth-order valence-corrected chi connectivity index (χ4v) is 2.11. The Kier molecular flexibility index (Phi) is 3.31. The minimum absolute atomic E-state index is 0.270. The van der Waals surface area contributed by atoms with Crippen LogP contribution in [0.1, 0.15) is 10.4 Å². The number of benzene rings is 1. The van der Waals surface area contributed by atoms with Crippen LogP contribution in [-0.2, 0) is 0 Å². The molecule has 0 spiro atoms. The molecule has 1 heterocycles. The van der Waals surface area contributed by atoms with E-state index in [1.165, 1.54) is 12.3 Å². The number of nitrogens with one attached hydrogen (secondary N) is 1. The fraction of sp³-hybridized carbons (Fsp3) is 0. The predicted octanol–water partition coefficient (Wildman–Crippen LogP) is 3.16. The summed E-state index contributed by atoms with van der Waals surface area (Å²) in [6.45, 7) is 0. The van der Waals surface area contributed by atoms with Gasteiger partial charge in [-0.25, -0.2) is 0 Å².